The molecular formula is C15H10N4. The maximum Gasteiger partial charge on any atom is 0.137 e. The summed E-state index contributed by atoms with van der Waals surface area (Å²) >= 11 is 0. The highest BCUT2D eigenvalue weighted by molar-refractivity contribution is 5.92. The van der Waals surface area contributed by atoms with Crippen LogP contribution in [-0.2, 0) is 0 Å². The maximum absolute atomic E-state index is 4.67. The third-order valence-electron chi connectivity index (χ3n) is 3.18. The zero-order valence-electron chi connectivity index (χ0n) is 10.0. The van der Waals surface area contributed by atoms with Gasteiger partial charge in [-0.1, -0.05) is 12.1 Å². The summed E-state index contributed by atoms with van der Waals surface area (Å²) in [6.07, 6.45) is 5.48. The number of fused-ring (bicyclic) bond motifs is 2. The molecule has 1 aromatic carbocycles. The minimum Gasteiger partial charge on any atom is -0.346 e. The lowest BCUT2D eigenvalue weighted by Crippen LogP contribution is -1.89. The summed E-state index contributed by atoms with van der Waals surface area (Å²) in [4.78, 5) is 16.5. The van der Waals surface area contributed by atoms with E-state index in [-0.39, 0.29) is 0 Å². The summed E-state index contributed by atoms with van der Waals surface area (Å²) in [5.41, 5.74) is 4.59. The standard InChI is InChI=1S/C15H10N4/c1-2-4-13-12(3-1)18-9-14(19-13)10-5-7-16-15-11(10)6-8-17-15/h1-9H,(H,16,17). The minimum absolute atomic E-state index is 0.866. The molecule has 4 nitrogen and oxygen atoms in total. The smallest absolute Gasteiger partial charge is 0.137 e. The van der Waals surface area contributed by atoms with Crippen molar-refractivity contribution < 1.29 is 0 Å². The van der Waals surface area contributed by atoms with Gasteiger partial charge in [0.05, 0.1) is 22.9 Å². The number of nitrogens with one attached hydrogen (secondary N) is 1. The lowest BCUT2D eigenvalue weighted by atomic mass is 10.1. The highest BCUT2D eigenvalue weighted by Gasteiger charge is 2.07. The number of hydrogen-bond acceptors (Lipinski definition) is 3. The summed E-state index contributed by atoms with van der Waals surface area (Å²) in [6.45, 7) is 0. The predicted octanol–water partition coefficient (Wildman–Crippen LogP) is 3.17. The van der Waals surface area contributed by atoms with Gasteiger partial charge >= 0.3 is 0 Å². The summed E-state index contributed by atoms with van der Waals surface area (Å²) < 4.78 is 0. The van der Waals surface area contributed by atoms with Crippen molar-refractivity contribution in [1.29, 1.82) is 0 Å². The van der Waals surface area contributed by atoms with Crippen molar-refractivity contribution in [3.8, 4) is 11.3 Å². The van der Waals surface area contributed by atoms with Crippen LogP contribution >= 0.6 is 0 Å². The van der Waals surface area contributed by atoms with E-state index in [1.54, 1.807) is 6.20 Å². The molecule has 4 aromatic rings. The average Bonchev–Trinajstić information content (AvgIpc) is 2.95. The number of pyridine rings is 1. The number of aromatic nitrogens is 4. The Bertz CT molecular complexity index is 879. The van der Waals surface area contributed by atoms with E-state index < -0.39 is 0 Å². The van der Waals surface area contributed by atoms with Crippen molar-refractivity contribution in [2.45, 2.75) is 0 Å². The first-order chi connectivity index (χ1) is 9.42. The zero-order valence-corrected chi connectivity index (χ0v) is 10.0. The van der Waals surface area contributed by atoms with Crippen LogP contribution in [-0.4, -0.2) is 19.9 Å². The topological polar surface area (TPSA) is 54.5 Å². The van der Waals surface area contributed by atoms with Crippen molar-refractivity contribution in [3.63, 3.8) is 0 Å². The molecule has 0 aliphatic carbocycles. The fourth-order valence-electron chi connectivity index (χ4n) is 2.27. The Balaban J connectivity index is 2.01. The molecule has 1 N–H and O–H groups in total. The first-order valence-corrected chi connectivity index (χ1v) is 6.06. The van der Waals surface area contributed by atoms with E-state index in [1.807, 2.05) is 48.8 Å². The molecule has 19 heavy (non-hydrogen) atoms. The largest absolute Gasteiger partial charge is 0.346 e. The fourth-order valence-corrected chi connectivity index (χ4v) is 2.27. The van der Waals surface area contributed by atoms with Crippen LogP contribution in [0.4, 0.5) is 0 Å². The molecule has 0 fully saturated rings. The first kappa shape index (κ1) is 10.2. The molecule has 3 aromatic heterocycles. The molecular weight excluding hydrogens is 236 g/mol. The maximum atomic E-state index is 4.67. The lowest BCUT2D eigenvalue weighted by molar-refractivity contribution is 1.28. The Morgan fingerprint density at radius 2 is 1.79 bits per heavy atom. The van der Waals surface area contributed by atoms with Crippen molar-refractivity contribution in [3.05, 3.63) is 55.0 Å². The van der Waals surface area contributed by atoms with Crippen molar-refractivity contribution >= 4 is 22.1 Å². The van der Waals surface area contributed by atoms with Crippen LogP contribution in [0.2, 0.25) is 0 Å². The van der Waals surface area contributed by atoms with Gasteiger partial charge in [0, 0.05) is 23.3 Å². The molecule has 4 rings (SSSR count). The summed E-state index contributed by atoms with van der Waals surface area (Å²) in [6, 6.07) is 11.8. The fraction of sp³-hybridized carbons (Fsp3) is 0. The van der Waals surface area contributed by atoms with Crippen LogP contribution < -0.4 is 0 Å². The van der Waals surface area contributed by atoms with E-state index in [1.165, 1.54) is 0 Å². The van der Waals surface area contributed by atoms with Gasteiger partial charge in [0.15, 0.2) is 0 Å². The van der Waals surface area contributed by atoms with Crippen LogP contribution in [0.5, 0.6) is 0 Å². The van der Waals surface area contributed by atoms with E-state index in [0.717, 1.165) is 33.3 Å². The number of para-hydroxylation sites is 2. The predicted molar refractivity (Wildman–Crippen MR) is 74.6 cm³/mol. The molecule has 0 aliphatic rings. The Morgan fingerprint density at radius 1 is 0.895 bits per heavy atom. The van der Waals surface area contributed by atoms with Crippen molar-refractivity contribution in [1.82, 2.24) is 19.9 Å². The first-order valence-electron chi connectivity index (χ1n) is 6.06. The van der Waals surface area contributed by atoms with Gasteiger partial charge in [0.2, 0.25) is 0 Å². The molecule has 0 amide bonds. The molecule has 0 unspecified atom stereocenters. The van der Waals surface area contributed by atoms with E-state index in [9.17, 15) is 0 Å². The van der Waals surface area contributed by atoms with Crippen LogP contribution in [0.25, 0.3) is 33.3 Å². The van der Waals surface area contributed by atoms with Gasteiger partial charge in [-0.3, -0.25) is 4.98 Å². The number of nitrogens with zero attached hydrogens (tertiary/aromatic N) is 3. The summed E-state index contributed by atoms with van der Waals surface area (Å²) in [5, 5.41) is 1.06. The SMILES string of the molecule is c1ccc2nc(-c3ccnc4[nH]ccc34)cnc2c1. The summed E-state index contributed by atoms with van der Waals surface area (Å²) in [5.74, 6) is 0. The van der Waals surface area contributed by atoms with Gasteiger partial charge in [-0.25, -0.2) is 9.97 Å². The molecule has 0 saturated carbocycles. The number of hydrogen-bond donors (Lipinski definition) is 1. The van der Waals surface area contributed by atoms with Crippen molar-refractivity contribution in [2.24, 2.45) is 0 Å². The third-order valence-corrected chi connectivity index (χ3v) is 3.18. The van der Waals surface area contributed by atoms with Gasteiger partial charge in [-0.05, 0) is 24.3 Å². The second-order valence-corrected chi connectivity index (χ2v) is 4.34. The van der Waals surface area contributed by atoms with Crippen molar-refractivity contribution in [2.75, 3.05) is 0 Å². The molecule has 0 aliphatic heterocycles. The van der Waals surface area contributed by atoms with E-state index in [0.29, 0.717) is 0 Å². The van der Waals surface area contributed by atoms with E-state index in [4.69, 9.17) is 0 Å². The molecule has 0 atom stereocenters. The monoisotopic (exact) mass is 246 g/mol. The highest BCUT2D eigenvalue weighted by atomic mass is 14.8. The average molecular weight is 246 g/mol. The lowest BCUT2D eigenvalue weighted by Gasteiger charge is -2.03. The number of benzene rings is 1. The second kappa shape index (κ2) is 3.88. The second-order valence-electron chi connectivity index (χ2n) is 4.34. The van der Waals surface area contributed by atoms with Crippen LogP contribution in [0.15, 0.2) is 55.0 Å². The molecule has 0 saturated heterocycles. The normalized spacial score (nSPS) is 11.2. The molecule has 0 bridgehead atoms. The van der Waals surface area contributed by atoms with Gasteiger partial charge in [-0.15, -0.1) is 0 Å². The van der Waals surface area contributed by atoms with Crippen LogP contribution in [0.3, 0.4) is 0 Å². The molecule has 4 heteroatoms. The molecule has 90 valence electrons. The number of aromatic amines is 1. The Hall–Kier alpha value is -2.75. The number of H-pyrrole nitrogens is 1. The molecule has 0 spiro atoms. The minimum atomic E-state index is 0.866. The van der Waals surface area contributed by atoms with Gasteiger partial charge in [0.25, 0.3) is 0 Å². The number of rotatable bonds is 1. The Morgan fingerprint density at radius 3 is 2.74 bits per heavy atom. The zero-order chi connectivity index (χ0) is 12.7. The van der Waals surface area contributed by atoms with E-state index in [2.05, 4.69) is 19.9 Å². The summed E-state index contributed by atoms with van der Waals surface area (Å²) in [7, 11) is 0. The Labute approximate surface area is 109 Å². The van der Waals surface area contributed by atoms with Crippen LogP contribution in [0, 0.1) is 0 Å². The van der Waals surface area contributed by atoms with Gasteiger partial charge < -0.3 is 4.98 Å². The quantitative estimate of drug-likeness (QED) is 0.561. The molecule has 0 radical (unpaired) electrons. The third kappa shape index (κ3) is 1.57. The Kier molecular flexibility index (Phi) is 2.08. The van der Waals surface area contributed by atoms with E-state index >= 15 is 0 Å². The van der Waals surface area contributed by atoms with Crippen LogP contribution in [0.1, 0.15) is 0 Å². The highest BCUT2D eigenvalue weighted by Crippen LogP contribution is 2.25. The molecule has 3 heterocycles. The van der Waals surface area contributed by atoms with Gasteiger partial charge in [-0.2, -0.15) is 0 Å². The van der Waals surface area contributed by atoms with Gasteiger partial charge in [0.1, 0.15) is 5.65 Å².